The Hall–Kier alpha value is -1.22. The van der Waals surface area contributed by atoms with Gasteiger partial charge in [0, 0.05) is 10.9 Å². The third kappa shape index (κ3) is 3.26. The molecule has 1 aliphatic carbocycles. The second kappa shape index (κ2) is 6.49. The third-order valence-electron chi connectivity index (χ3n) is 4.12. The van der Waals surface area contributed by atoms with Gasteiger partial charge in [-0.25, -0.2) is 4.79 Å². The first-order chi connectivity index (χ1) is 9.56. The van der Waals surface area contributed by atoms with Crippen LogP contribution >= 0.6 is 11.6 Å². The number of hydrogen-bond acceptors (Lipinski definition) is 3. The molecule has 1 saturated carbocycles. The highest BCUT2D eigenvalue weighted by molar-refractivity contribution is 6.30. The molecule has 1 atom stereocenters. The van der Waals surface area contributed by atoms with Crippen LogP contribution < -0.4 is 4.74 Å². The van der Waals surface area contributed by atoms with Gasteiger partial charge in [-0.3, -0.25) is 0 Å². The van der Waals surface area contributed by atoms with Crippen molar-refractivity contribution in [3.63, 3.8) is 0 Å². The molecule has 0 amide bonds. The van der Waals surface area contributed by atoms with Gasteiger partial charge in [0.05, 0.1) is 7.11 Å². The molecular formula is C16H21ClO3. The van der Waals surface area contributed by atoms with E-state index in [1.54, 1.807) is 24.3 Å². The van der Waals surface area contributed by atoms with E-state index in [4.69, 9.17) is 21.1 Å². The molecule has 1 fully saturated rings. The average Bonchev–Trinajstić information content (AvgIpc) is 2.49. The summed E-state index contributed by atoms with van der Waals surface area (Å²) in [6.45, 7) is 1.84. The number of halogens is 1. The largest absolute Gasteiger partial charge is 0.476 e. The van der Waals surface area contributed by atoms with Crippen LogP contribution in [0.2, 0.25) is 5.02 Å². The molecule has 1 unspecified atom stereocenters. The molecule has 1 aromatic carbocycles. The van der Waals surface area contributed by atoms with Crippen LogP contribution in [0.5, 0.6) is 5.75 Å². The number of methoxy groups -OCH3 is 1. The molecule has 1 aromatic rings. The summed E-state index contributed by atoms with van der Waals surface area (Å²) >= 11 is 5.87. The average molecular weight is 297 g/mol. The number of carbonyl (C=O) groups excluding carboxylic acids is 1. The van der Waals surface area contributed by atoms with Gasteiger partial charge in [0.25, 0.3) is 0 Å². The van der Waals surface area contributed by atoms with Gasteiger partial charge in [-0.2, -0.15) is 0 Å². The highest BCUT2D eigenvalue weighted by Gasteiger charge is 2.45. The monoisotopic (exact) mass is 296 g/mol. The Morgan fingerprint density at radius 2 is 1.80 bits per heavy atom. The topological polar surface area (TPSA) is 35.5 Å². The van der Waals surface area contributed by atoms with E-state index in [0.717, 1.165) is 25.7 Å². The number of hydrogen-bond donors (Lipinski definition) is 0. The van der Waals surface area contributed by atoms with E-state index in [1.165, 1.54) is 13.5 Å². The molecule has 3 nitrogen and oxygen atoms in total. The van der Waals surface area contributed by atoms with Crippen molar-refractivity contribution in [2.24, 2.45) is 5.92 Å². The summed E-state index contributed by atoms with van der Waals surface area (Å²) in [5, 5.41) is 0.648. The van der Waals surface area contributed by atoms with Crippen molar-refractivity contribution in [2.45, 2.75) is 44.6 Å². The van der Waals surface area contributed by atoms with E-state index < -0.39 is 5.60 Å². The summed E-state index contributed by atoms with van der Waals surface area (Å²) < 4.78 is 11.0. The molecule has 0 aliphatic heterocycles. The SMILES string of the molecule is COC(=O)C(C)(Oc1ccc(Cl)cc1)C1CCCCC1. The fourth-order valence-electron chi connectivity index (χ4n) is 2.90. The minimum atomic E-state index is -0.928. The van der Waals surface area contributed by atoms with Crippen molar-refractivity contribution in [1.29, 1.82) is 0 Å². The smallest absolute Gasteiger partial charge is 0.350 e. The number of benzene rings is 1. The normalized spacial score (nSPS) is 19.1. The van der Waals surface area contributed by atoms with Crippen LogP contribution in [0, 0.1) is 5.92 Å². The molecule has 0 saturated heterocycles. The first kappa shape index (κ1) is 15.2. The maximum Gasteiger partial charge on any atom is 0.350 e. The van der Waals surface area contributed by atoms with E-state index in [-0.39, 0.29) is 11.9 Å². The lowest BCUT2D eigenvalue weighted by Crippen LogP contribution is -2.49. The Bertz CT molecular complexity index is 451. The lowest BCUT2D eigenvalue weighted by atomic mass is 9.77. The highest BCUT2D eigenvalue weighted by atomic mass is 35.5. The fraction of sp³-hybridized carbons (Fsp3) is 0.562. The lowest BCUT2D eigenvalue weighted by Gasteiger charge is -2.37. The number of esters is 1. The van der Waals surface area contributed by atoms with Crippen molar-refractivity contribution in [3.8, 4) is 5.75 Å². The Kier molecular flexibility index (Phi) is 4.92. The van der Waals surface area contributed by atoms with Crippen LogP contribution in [0.3, 0.4) is 0 Å². The minimum absolute atomic E-state index is 0.194. The van der Waals surface area contributed by atoms with Gasteiger partial charge in [0.1, 0.15) is 5.75 Å². The molecule has 1 aliphatic rings. The molecule has 0 N–H and O–H groups in total. The maximum absolute atomic E-state index is 12.2. The third-order valence-corrected chi connectivity index (χ3v) is 4.37. The van der Waals surface area contributed by atoms with Crippen molar-refractivity contribution in [2.75, 3.05) is 7.11 Å². The first-order valence-electron chi connectivity index (χ1n) is 7.09. The van der Waals surface area contributed by atoms with E-state index in [1.807, 2.05) is 6.92 Å². The summed E-state index contributed by atoms with van der Waals surface area (Å²) in [6, 6.07) is 7.09. The van der Waals surface area contributed by atoms with Gasteiger partial charge in [-0.1, -0.05) is 30.9 Å². The molecule has 4 heteroatoms. The summed E-state index contributed by atoms with van der Waals surface area (Å²) in [7, 11) is 1.41. The van der Waals surface area contributed by atoms with Crippen LogP contribution in [-0.4, -0.2) is 18.7 Å². The molecule has 0 aromatic heterocycles. The Balaban J connectivity index is 2.21. The minimum Gasteiger partial charge on any atom is -0.476 e. The van der Waals surface area contributed by atoms with E-state index in [2.05, 4.69) is 0 Å². The molecular weight excluding hydrogens is 276 g/mol. The summed E-state index contributed by atoms with van der Waals surface area (Å²) in [5.41, 5.74) is -0.928. The van der Waals surface area contributed by atoms with Crippen LogP contribution in [0.4, 0.5) is 0 Å². The molecule has 0 bridgehead atoms. The van der Waals surface area contributed by atoms with Gasteiger partial charge in [0.15, 0.2) is 0 Å². The standard InChI is InChI=1S/C16H21ClO3/c1-16(15(18)19-2,12-6-4-3-5-7-12)20-14-10-8-13(17)9-11-14/h8-12H,3-7H2,1-2H3. The molecule has 0 spiro atoms. The van der Waals surface area contributed by atoms with Gasteiger partial charge in [-0.15, -0.1) is 0 Å². The molecule has 2 rings (SSSR count). The van der Waals surface area contributed by atoms with Crippen molar-refractivity contribution >= 4 is 17.6 Å². The fourth-order valence-corrected chi connectivity index (χ4v) is 3.02. The van der Waals surface area contributed by atoms with Gasteiger partial charge in [-0.05, 0) is 44.0 Å². The quantitative estimate of drug-likeness (QED) is 0.780. The van der Waals surface area contributed by atoms with Crippen LogP contribution in [0.1, 0.15) is 39.0 Å². The maximum atomic E-state index is 12.2. The number of rotatable bonds is 4. The van der Waals surface area contributed by atoms with Gasteiger partial charge >= 0.3 is 5.97 Å². The van der Waals surface area contributed by atoms with Crippen LogP contribution in [0.15, 0.2) is 24.3 Å². The van der Waals surface area contributed by atoms with Crippen molar-refractivity contribution < 1.29 is 14.3 Å². The zero-order chi connectivity index (χ0) is 14.6. The van der Waals surface area contributed by atoms with Crippen molar-refractivity contribution in [1.82, 2.24) is 0 Å². The zero-order valence-electron chi connectivity index (χ0n) is 12.0. The van der Waals surface area contributed by atoms with E-state index in [9.17, 15) is 4.79 Å². The molecule has 110 valence electrons. The van der Waals surface area contributed by atoms with Gasteiger partial charge in [0.2, 0.25) is 5.60 Å². The predicted molar refractivity (Wildman–Crippen MR) is 79.1 cm³/mol. The lowest BCUT2D eigenvalue weighted by molar-refractivity contribution is -0.164. The van der Waals surface area contributed by atoms with Crippen LogP contribution in [0.25, 0.3) is 0 Å². The number of ether oxygens (including phenoxy) is 2. The second-order valence-corrected chi connectivity index (χ2v) is 5.93. The zero-order valence-corrected chi connectivity index (χ0v) is 12.8. The first-order valence-corrected chi connectivity index (χ1v) is 7.47. The van der Waals surface area contributed by atoms with Gasteiger partial charge < -0.3 is 9.47 Å². The molecule has 20 heavy (non-hydrogen) atoms. The highest BCUT2D eigenvalue weighted by Crippen LogP contribution is 2.36. The summed E-state index contributed by atoms with van der Waals surface area (Å²) in [5.74, 6) is 0.534. The van der Waals surface area contributed by atoms with Crippen LogP contribution in [-0.2, 0) is 9.53 Å². The van der Waals surface area contributed by atoms with Crippen molar-refractivity contribution in [3.05, 3.63) is 29.3 Å². The Morgan fingerprint density at radius 3 is 2.35 bits per heavy atom. The molecule has 0 heterocycles. The Morgan fingerprint density at radius 1 is 1.20 bits per heavy atom. The van der Waals surface area contributed by atoms with E-state index in [0.29, 0.717) is 10.8 Å². The summed E-state index contributed by atoms with van der Waals surface area (Å²) in [4.78, 5) is 12.2. The number of carbonyl (C=O) groups is 1. The molecule has 0 radical (unpaired) electrons. The Labute approximate surface area is 125 Å². The van der Waals surface area contributed by atoms with E-state index >= 15 is 0 Å². The summed E-state index contributed by atoms with van der Waals surface area (Å²) in [6.07, 6.45) is 5.51. The second-order valence-electron chi connectivity index (χ2n) is 5.49. The predicted octanol–water partition coefficient (Wildman–Crippen LogP) is 4.23.